The van der Waals surface area contributed by atoms with Gasteiger partial charge in [-0.05, 0) is 17.7 Å². The van der Waals surface area contributed by atoms with Crippen LogP contribution in [0.5, 0.6) is 0 Å². The van der Waals surface area contributed by atoms with Crippen molar-refractivity contribution in [1.29, 1.82) is 0 Å². The van der Waals surface area contributed by atoms with Crippen LogP contribution in [0.4, 0.5) is 0 Å². The molecule has 0 aromatic heterocycles. The molecule has 0 aliphatic carbocycles. The highest BCUT2D eigenvalue weighted by molar-refractivity contribution is 9.10. The lowest BCUT2D eigenvalue weighted by Gasteiger charge is -2.30. The lowest BCUT2D eigenvalue weighted by Crippen LogP contribution is -2.39. The smallest absolute Gasteiger partial charge is 0.0594 e. The van der Waals surface area contributed by atoms with Crippen LogP contribution in [0.15, 0.2) is 28.7 Å². The quantitative estimate of drug-likeness (QED) is 0.921. The molecule has 0 radical (unpaired) electrons. The number of benzene rings is 1. The molecule has 0 bridgehead atoms. The Balaban J connectivity index is 2.00. The summed E-state index contributed by atoms with van der Waals surface area (Å²) in [7, 11) is 0. The van der Waals surface area contributed by atoms with Gasteiger partial charge >= 0.3 is 0 Å². The summed E-state index contributed by atoms with van der Waals surface area (Å²) < 4.78 is 6.39. The lowest BCUT2D eigenvalue weighted by molar-refractivity contribution is 0.0319. The molecule has 1 fully saturated rings. The van der Waals surface area contributed by atoms with Crippen LogP contribution in [0.25, 0.3) is 0 Å². The minimum absolute atomic E-state index is 0.186. The third-order valence-corrected chi connectivity index (χ3v) is 3.62. The maximum Gasteiger partial charge on any atom is 0.0594 e. The van der Waals surface area contributed by atoms with Crippen molar-refractivity contribution in [2.45, 2.75) is 5.92 Å². The second kappa shape index (κ2) is 6.50. The Morgan fingerprint density at radius 1 is 1.35 bits per heavy atom. The summed E-state index contributed by atoms with van der Waals surface area (Å²) in [4.78, 5) is 2.35. The Kier molecular flexibility index (Phi) is 4.98. The van der Waals surface area contributed by atoms with E-state index in [0.29, 0.717) is 0 Å². The van der Waals surface area contributed by atoms with Crippen molar-refractivity contribution in [2.24, 2.45) is 0 Å². The molecule has 4 heteroatoms. The van der Waals surface area contributed by atoms with E-state index in [-0.39, 0.29) is 12.5 Å². The van der Waals surface area contributed by atoms with Crippen molar-refractivity contribution < 1.29 is 9.84 Å². The van der Waals surface area contributed by atoms with Crippen LogP contribution in [0, 0.1) is 0 Å². The summed E-state index contributed by atoms with van der Waals surface area (Å²) in [6.07, 6.45) is 0. The van der Waals surface area contributed by atoms with Crippen molar-refractivity contribution in [3.05, 3.63) is 34.3 Å². The van der Waals surface area contributed by atoms with E-state index in [1.54, 1.807) is 0 Å². The van der Waals surface area contributed by atoms with E-state index in [1.807, 2.05) is 12.1 Å². The number of hydrogen-bond acceptors (Lipinski definition) is 3. The molecule has 94 valence electrons. The largest absolute Gasteiger partial charge is 0.396 e. The molecule has 1 N–H and O–H groups in total. The Morgan fingerprint density at radius 2 is 2.12 bits per heavy atom. The molecule has 0 spiro atoms. The molecule has 1 unspecified atom stereocenters. The number of aliphatic hydroxyl groups excluding tert-OH is 1. The van der Waals surface area contributed by atoms with E-state index in [4.69, 9.17) is 4.74 Å². The highest BCUT2D eigenvalue weighted by Crippen LogP contribution is 2.21. The van der Waals surface area contributed by atoms with Crippen molar-refractivity contribution in [1.82, 2.24) is 4.90 Å². The summed E-state index contributed by atoms with van der Waals surface area (Å²) in [5.74, 6) is 0.186. The van der Waals surface area contributed by atoms with Crippen molar-refractivity contribution in [2.75, 3.05) is 39.5 Å². The van der Waals surface area contributed by atoms with Crippen LogP contribution in [-0.4, -0.2) is 49.5 Å². The minimum atomic E-state index is 0.186. The molecule has 0 amide bonds. The van der Waals surface area contributed by atoms with Gasteiger partial charge in [0.15, 0.2) is 0 Å². The van der Waals surface area contributed by atoms with Gasteiger partial charge in [0.05, 0.1) is 19.8 Å². The fraction of sp³-hybridized carbons (Fsp3) is 0.538. The van der Waals surface area contributed by atoms with Gasteiger partial charge in [0, 0.05) is 30.0 Å². The Morgan fingerprint density at radius 3 is 2.76 bits per heavy atom. The summed E-state index contributed by atoms with van der Waals surface area (Å²) in [5.41, 5.74) is 1.19. The predicted octanol–water partition coefficient (Wildman–Crippen LogP) is 1.86. The van der Waals surface area contributed by atoms with Gasteiger partial charge < -0.3 is 9.84 Å². The normalized spacial score (nSPS) is 19.2. The van der Waals surface area contributed by atoms with Gasteiger partial charge in [-0.3, -0.25) is 4.90 Å². The van der Waals surface area contributed by atoms with Gasteiger partial charge in [-0.25, -0.2) is 0 Å². The predicted molar refractivity (Wildman–Crippen MR) is 71.2 cm³/mol. The molecule has 0 saturated carbocycles. The number of nitrogens with zero attached hydrogens (tertiary/aromatic N) is 1. The molecule has 3 nitrogen and oxygen atoms in total. The molecule has 1 aliphatic rings. The molecule has 17 heavy (non-hydrogen) atoms. The molecule has 1 atom stereocenters. The maximum absolute atomic E-state index is 9.53. The summed E-state index contributed by atoms with van der Waals surface area (Å²) in [6, 6.07) is 8.18. The van der Waals surface area contributed by atoms with Crippen LogP contribution >= 0.6 is 15.9 Å². The Bertz CT molecular complexity index is 353. The number of rotatable bonds is 4. The summed E-state index contributed by atoms with van der Waals surface area (Å²) in [6.45, 7) is 4.62. The van der Waals surface area contributed by atoms with Crippen LogP contribution < -0.4 is 0 Å². The van der Waals surface area contributed by atoms with Crippen LogP contribution in [-0.2, 0) is 4.74 Å². The Labute approximate surface area is 111 Å². The van der Waals surface area contributed by atoms with Crippen molar-refractivity contribution in [3.63, 3.8) is 0 Å². The van der Waals surface area contributed by atoms with Gasteiger partial charge in [0.25, 0.3) is 0 Å². The lowest BCUT2D eigenvalue weighted by atomic mass is 9.99. The maximum atomic E-state index is 9.53. The van der Waals surface area contributed by atoms with E-state index in [0.717, 1.165) is 37.3 Å². The van der Waals surface area contributed by atoms with Gasteiger partial charge in [-0.2, -0.15) is 0 Å². The zero-order valence-corrected chi connectivity index (χ0v) is 11.4. The van der Waals surface area contributed by atoms with Crippen molar-refractivity contribution >= 4 is 15.9 Å². The number of morpholine rings is 1. The van der Waals surface area contributed by atoms with Crippen molar-refractivity contribution in [3.8, 4) is 0 Å². The van der Waals surface area contributed by atoms with E-state index >= 15 is 0 Å². The van der Waals surface area contributed by atoms with Gasteiger partial charge in [-0.1, -0.05) is 28.1 Å². The summed E-state index contributed by atoms with van der Waals surface area (Å²) in [5, 5.41) is 9.53. The monoisotopic (exact) mass is 299 g/mol. The molecule has 1 aliphatic heterocycles. The average molecular weight is 300 g/mol. The second-order valence-corrected chi connectivity index (χ2v) is 5.26. The summed E-state index contributed by atoms with van der Waals surface area (Å²) >= 11 is 3.47. The Hall–Kier alpha value is -0.420. The number of halogens is 1. The fourth-order valence-corrected chi connectivity index (χ4v) is 2.54. The van der Waals surface area contributed by atoms with Crippen LogP contribution in [0.2, 0.25) is 0 Å². The van der Waals surface area contributed by atoms with Crippen LogP contribution in [0.1, 0.15) is 11.5 Å². The average Bonchev–Trinajstić information content (AvgIpc) is 2.37. The minimum Gasteiger partial charge on any atom is -0.396 e. The zero-order valence-electron chi connectivity index (χ0n) is 9.81. The number of aliphatic hydroxyl groups is 1. The highest BCUT2D eigenvalue weighted by Gasteiger charge is 2.17. The molecular formula is C13H18BrNO2. The number of ether oxygens (including phenoxy) is 1. The van der Waals surface area contributed by atoms with E-state index in [1.165, 1.54) is 5.56 Å². The molecular weight excluding hydrogens is 282 g/mol. The molecule has 1 aromatic carbocycles. The van der Waals surface area contributed by atoms with Gasteiger partial charge in [-0.15, -0.1) is 0 Å². The third kappa shape index (κ3) is 3.78. The van der Waals surface area contributed by atoms with Gasteiger partial charge in [0.2, 0.25) is 0 Å². The van der Waals surface area contributed by atoms with E-state index in [9.17, 15) is 5.11 Å². The fourth-order valence-electron chi connectivity index (χ4n) is 2.12. The van der Waals surface area contributed by atoms with Crippen LogP contribution in [0.3, 0.4) is 0 Å². The molecule has 2 rings (SSSR count). The van der Waals surface area contributed by atoms with E-state index < -0.39 is 0 Å². The zero-order chi connectivity index (χ0) is 12.1. The topological polar surface area (TPSA) is 32.7 Å². The first-order valence-corrected chi connectivity index (χ1v) is 6.75. The SMILES string of the molecule is OCC(CN1CCOCC1)c1cccc(Br)c1. The molecule has 1 aromatic rings. The van der Waals surface area contributed by atoms with Gasteiger partial charge in [0.1, 0.15) is 0 Å². The number of hydrogen-bond donors (Lipinski definition) is 1. The van der Waals surface area contributed by atoms with E-state index in [2.05, 4.69) is 33.0 Å². The molecule has 1 heterocycles. The third-order valence-electron chi connectivity index (χ3n) is 3.12. The standard InChI is InChI=1S/C13H18BrNO2/c14-13-3-1-2-11(8-13)12(10-16)9-15-4-6-17-7-5-15/h1-3,8,12,16H,4-7,9-10H2. The second-order valence-electron chi connectivity index (χ2n) is 4.35. The first-order chi connectivity index (χ1) is 8.29. The first kappa shape index (κ1) is 13.0. The first-order valence-electron chi connectivity index (χ1n) is 5.96. The molecule has 1 saturated heterocycles. The highest BCUT2D eigenvalue weighted by atomic mass is 79.9.